The average molecular weight is 263 g/mol. The SMILES string of the molecule is CC(=O)CCCCOCc1nc2ccccc2s1. The van der Waals surface area contributed by atoms with Crippen LogP contribution < -0.4 is 0 Å². The highest BCUT2D eigenvalue weighted by atomic mass is 32.1. The molecule has 0 aliphatic heterocycles. The second kappa shape index (κ2) is 6.61. The lowest BCUT2D eigenvalue weighted by molar-refractivity contribution is -0.117. The molecule has 18 heavy (non-hydrogen) atoms. The standard InChI is InChI=1S/C14H17NO2S/c1-11(16)6-4-5-9-17-10-14-15-12-7-2-3-8-13(12)18-14/h2-3,7-8H,4-6,9-10H2,1H3. The number of carbonyl (C=O) groups is 1. The molecule has 0 saturated carbocycles. The number of Topliss-reactive ketones (excluding diaryl/α,β-unsaturated/α-hetero) is 1. The summed E-state index contributed by atoms with van der Waals surface area (Å²) in [6.07, 6.45) is 2.50. The first kappa shape index (κ1) is 13.2. The first-order valence-electron chi connectivity index (χ1n) is 6.17. The van der Waals surface area contributed by atoms with Gasteiger partial charge in [-0.2, -0.15) is 0 Å². The summed E-state index contributed by atoms with van der Waals surface area (Å²) >= 11 is 1.68. The van der Waals surface area contributed by atoms with Crippen LogP contribution in [-0.4, -0.2) is 17.4 Å². The fourth-order valence-electron chi connectivity index (χ4n) is 1.72. The fourth-order valence-corrected chi connectivity index (χ4v) is 2.62. The summed E-state index contributed by atoms with van der Waals surface area (Å²) in [5.41, 5.74) is 1.04. The molecule has 0 fully saturated rings. The number of thiazole rings is 1. The summed E-state index contributed by atoms with van der Waals surface area (Å²) < 4.78 is 6.77. The largest absolute Gasteiger partial charge is 0.374 e. The molecule has 4 heteroatoms. The van der Waals surface area contributed by atoms with E-state index in [9.17, 15) is 4.79 Å². The third-order valence-corrected chi connectivity index (χ3v) is 3.64. The van der Waals surface area contributed by atoms with Crippen LogP contribution in [0.1, 0.15) is 31.2 Å². The van der Waals surface area contributed by atoms with Crippen LogP contribution in [0.2, 0.25) is 0 Å². The Labute approximate surface area is 111 Å². The van der Waals surface area contributed by atoms with E-state index < -0.39 is 0 Å². The summed E-state index contributed by atoms with van der Waals surface area (Å²) in [6.45, 7) is 2.89. The van der Waals surface area contributed by atoms with Crippen molar-refractivity contribution in [3.63, 3.8) is 0 Å². The second-order valence-electron chi connectivity index (χ2n) is 4.29. The van der Waals surface area contributed by atoms with Gasteiger partial charge in [0.05, 0.1) is 16.8 Å². The Morgan fingerprint density at radius 1 is 1.33 bits per heavy atom. The van der Waals surface area contributed by atoms with Crippen LogP contribution in [0.5, 0.6) is 0 Å². The molecule has 0 atom stereocenters. The van der Waals surface area contributed by atoms with E-state index in [2.05, 4.69) is 11.1 Å². The van der Waals surface area contributed by atoms with E-state index in [0.717, 1.165) is 23.4 Å². The van der Waals surface area contributed by atoms with Gasteiger partial charge in [0.1, 0.15) is 10.8 Å². The van der Waals surface area contributed by atoms with Gasteiger partial charge < -0.3 is 9.53 Å². The van der Waals surface area contributed by atoms with E-state index in [1.165, 1.54) is 4.70 Å². The van der Waals surface area contributed by atoms with Crippen LogP contribution in [0.3, 0.4) is 0 Å². The molecule has 2 rings (SSSR count). The maximum absolute atomic E-state index is 10.7. The number of hydrogen-bond donors (Lipinski definition) is 0. The average Bonchev–Trinajstić information content (AvgIpc) is 2.75. The summed E-state index contributed by atoms with van der Waals surface area (Å²) in [4.78, 5) is 15.2. The Hall–Kier alpha value is -1.26. The van der Waals surface area contributed by atoms with Gasteiger partial charge in [-0.1, -0.05) is 12.1 Å². The van der Waals surface area contributed by atoms with Crippen molar-refractivity contribution in [3.05, 3.63) is 29.3 Å². The number of ether oxygens (including phenoxy) is 1. The van der Waals surface area contributed by atoms with Crippen molar-refractivity contribution >= 4 is 27.3 Å². The molecule has 0 bridgehead atoms. The molecule has 1 aromatic carbocycles. The van der Waals surface area contributed by atoms with E-state index in [0.29, 0.717) is 19.6 Å². The molecule has 0 unspecified atom stereocenters. The van der Waals surface area contributed by atoms with Crippen LogP contribution in [-0.2, 0) is 16.1 Å². The third-order valence-electron chi connectivity index (χ3n) is 2.63. The van der Waals surface area contributed by atoms with Crippen molar-refractivity contribution in [1.82, 2.24) is 4.98 Å². The van der Waals surface area contributed by atoms with Gasteiger partial charge in [0, 0.05) is 13.0 Å². The second-order valence-corrected chi connectivity index (χ2v) is 5.40. The van der Waals surface area contributed by atoms with E-state index in [4.69, 9.17) is 4.74 Å². The van der Waals surface area contributed by atoms with Crippen molar-refractivity contribution in [2.75, 3.05) is 6.61 Å². The quantitative estimate of drug-likeness (QED) is 0.717. The van der Waals surface area contributed by atoms with Gasteiger partial charge in [0.15, 0.2) is 0 Å². The van der Waals surface area contributed by atoms with Gasteiger partial charge in [-0.3, -0.25) is 0 Å². The molecule has 0 radical (unpaired) electrons. The van der Waals surface area contributed by atoms with Crippen molar-refractivity contribution in [1.29, 1.82) is 0 Å². The number of hydrogen-bond acceptors (Lipinski definition) is 4. The zero-order valence-electron chi connectivity index (χ0n) is 10.5. The topological polar surface area (TPSA) is 39.2 Å². The number of nitrogens with zero attached hydrogens (tertiary/aromatic N) is 1. The van der Waals surface area contributed by atoms with Gasteiger partial charge in [-0.25, -0.2) is 4.98 Å². The summed E-state index contributed by atoms with van der Waals surface area (Å²) in [7, 11) is 0. The Bertz CT molecular complexity index is 488. The number of rotatable bonds is 7. The predicted octanol–water partition coefficient (Wildman–Crippen LogP) is 3.57. The summed E-state index contributed by atoms with van der Waals surface area (Å²) in [6, 6.07) is 8.10. The minimum Gasteiger partial charge on any atom is -0.374 e. The van der Waals surface area contributed by atoms with Crippen LogP contribution in [0.15, 0.2) is 24.3 Å². The maximum Gasteiger partial charge on any atom is 0.129 e. The van der Waals surface area contributed by atoms with Gasteiger partial charge >= 0.3 is 0 Å². The molecule has 1 aromatic heterocycles. The highest BCUT2D eigenvalue weighted by Gasteiger charge is 2.02. The lowest BCUT2D eigenvalue weighted by Gasteiger charge is -2.00. The molecular formula is C14H17NO2S. The maximum atomic E-state index is 10.7. The summed E-state index contributed by atoms with van der Waals surface area (Å²) in [5.74, 6) is 0.251. The Balaban J connectivity index is 1.72. The van der Waals surface area contributed by atoms with Gasteiger partial charge in [0.2, 0.25) is 0 Å². The molecule has 0 spiro atoms. The Kier molecular flexibility index (Phi) is 4.84. The highest BCUT2D eigenvalue weighted by molar-refractivity contribution is 7.18. The zero-order valence-corrected chi connectivity index (χ0v) is 11.3. The normalized spacial score (nSPS) is 10.9. The molecule has 1 heterocycles. The number of benzene rings is 1. The number of unbranched alkanes of at least 4 members (excludes halogenated alkanes) is 1. The Morgan fingerprint density at radius 2 is 2.17 bits per heavy atom. The molecule has 0 aliphatic carbocycles. The molecule has 0 N–H and O–H groups in total. The van der Waals surface area contributed by atoms with Crippen molar-refractivity contribution in [3.8, 4) is 0 Å². The van der Waals surface area contributed by atoms with Crippen LogP contribution >= 0.6 is 11.3 Å². The molecule has 96 valence electrons. The van der Waals surface area contributed by atoms with Crippen molar-refractivity contribution in [2.24, 2.45) is 0 Å². The lowest BCUT2D eigenvalue weighted by Crippen LogP contribution is -1.97. The predicted molar refractivity (Wildman–Crippen MR) is 73.8 cm³/mol. The van der Waals surface area contributed by atoms with E-state index in [1.54, 1.807) is 18.3 Å². The van der Waals surface area contributed by atoms with Gasteiger partial charge in [-0.05, 0) is 31.9 Å². The highest BCUT2D eigenvalue weighted by Crippen LogP contribution is 2.21. The minimum atomic E-state index is 0.251. The number of aromatic nitrogens is 1. The monoisotopic (exact) mass is 263 g/mol. The Morgan fingerprint density at radius 3 is 2.94 bits per heavy atom. The molecule has 0 amide bonds. The fraction of sp³-hybridized carbons (Fsp3) is 0.429. The van der Waals surface area contributed by atoms with E-state index >= 15 is 0 Å². The molecule has 2 aromatic rings. The minimum absolute atomic E-state index is 0.251. The number of ketones is 1. The molecular weight excluding hydrogens is 246 g/mol. The van der Waals surface area contributed by atoms with E-state index in [1.807, 2.05) is 18.2 Å². The van der Waals surface area contributed by atoms with Crippen LogP contribution in [0.4, 0.5) is 0 Å². The molecule has 0 aliphatic rings. The number of fused-ring (bicyclic) bond motifs is 1. The van der Waals surface area contributed by atoms with Gasteiger partial charge in [0.25, 0.3) is 0 Å². The first-order valence-corrected chi connectivity index (χ1v) is 6.99. The summed E-state index contributed by atoms with van der Waals surface area (Å²) in [5, 5.41) is 1.02. The van der Waals surface area contributed by atoms with Crippen molar-refractivity contribution in [2.45, 2.75) is 32.8 Å². The number of carbonyl (C=O) groups excluding carboxylic acids is 1. The van der Waals surface area contributed by atoms with E-state index in [-0.39, 0.29) is 5.78 Å². The number of para-hydroxylation sites is 1. The third kappa shape index (κ3) is 3.89. The zero-order chi connectivity index (χ0) is 12.8. The molecule has 3 nitrogen and oxygen atoms in total. The van der Waals surface area contributed by atoms with Crippen LogP contribution in [0, 0.1) is 0 Å². The van der Waals surface area contributed by atoms with Crippen molar-refractivity contribution < 1.29 is 9.53 Å². The van der Waals surface area contributed by atoms with Crippen LogP contribution in [0.25, 0.3) is 10.2 Å². The first-order chi connectivity index (χ1) is 8.75. The van der Waals surface area contributed by atoms with Gasteiger partial charge in [-0.15, -0.1) is 11.3 Å². The smallest absolute Gasteiger partial charge is 0.129 e. The lowest BCUT2D eigenvalue weighted by atomic mass is 10.2. The molecule has 0 saturated heterocycles.